The third kappa shape index (κ3) is 3.18. The first-order valence-corrected chi connectivity index (χ1v) is 5.25. The fourth-order valence-electron chi connectivity index (χ4n) is 1.54. The Kier molecular flexibility index (Phi) is 2.76. The third-order valence-electron chi connectivity index (χ3n) is 2.63. The number of Topliss-reactive ketones (excluding diaryl/α,β-unsaturated/α-hetero) is 1. The fraction of sp³-hybridized carbons (Fsp3) is 0.769. The van der Waals surface area contributed by atoms with Crippen LogP contribution in [0.25, 0.3) is 0 Å². The molecule has 1 heteroatoms. The van der Waals surface area contributed by atoms with Gasteiger partial charge in [0.25, 0.3) is 0 Å². The molecule has 1 aliphatic carbocycles. The van der Waals surface area contributed by atoms with Gasteiger partial charge in [-0.2, -0.15) is 0 Å². The lowest BCUT2D eigenvalue weighted by Gasteiger charge is -2.06. The molecule has 1 unspecified atom stereocenters. The molecular formula is C13H20O. The van der Waals surface area contributed by atoms with Gasteiger partial charge in [-0.3, -0.25) is 4.79 Å². The van der Waals surface area contributed by atoms with Crippen LogP contribution in [-0.4, -0.2) is 5.78 Å². The van der Waals surface area contributed by atoms with Gasteiger partial charge in [-0.25, -0.2) is 0 Å². The summed E-state index contributed by atoms with van der Waals surface area (Å²) < 4.78 is 0. The van der Waals surface area contributed by atoms with E-state index in [1.165, 1.54) is 0 Å². The van der Waals surface area contributed by atoms with Gasteiger partial charge in [0.05, 0.1) is 6.42 Å². The van der Waals surface area contributed by atoms with Gasteiger partial charge in [0, 0.05) is 11.3 Å². The summed E-state index contributed by atoms with van der Waals surface area (Å²) in [5.41, 5.74) is 0.264. The second kappa shape index (κ2) is 3.42. The van der Waals surface area contributed by atoms with Crippen LogP contribution in [-0.2, 0) is 4.79 Å². The second-order valence-electron chi connectivity index (χ2n) is 5.94. The normalized spacial score (nSPS) is 23.6. The first-order valence-electron chi connectivity index (χ1n) is 5.25. The van der Waals surface area contributed by atoms with E-state index in [4.69, 9.17) is 0 Å². The van der Waals surface area contributed by atoms with Crippen LogP contribution in [0.2, 0.25) is 0 Å². The van der Waals surface area contributed by atoms with Gasteiger partial charge in [-0.15, -0.1) is 0 Å². The van der Waals surface area contributed by atoms with E-state index in [0.29, 0.717) is 12.2 Å². The number of carbonyl (C=O) groups is 1. The Morgan fingerprint density at radius 2 is 1.93 bits per heavy atom. The lowest BCUT2D eigenvalue weighted by atomic mass is 9.97. The highest BCUT2D eigenvalue weighted by Crippen LogP contribution is 2.52. The highest BCUT2D eigenvalue weighted by molar-refractivity contribution is 5.86. The summed E-state index contributed by atoms with van der Waals surface area (Å²) >= 11 is 0. The van der Waals surface area contributed by atoms with Crippen molar-refractivity contribution in [1.29, 1.82) is 0 Å². The molecule has 0 aromatic heterocycles. The minimum absolute atomic E-state index is 0.0132. The van der Waals surface area contributed by atoms with Crippen LogP contribution in [0.3, 0.4) is 0 Å². The second-order valence-corrected chi connectivity index (χ2v) is 5.94. The largest absolute Gasteiger partial charge is 0.298 e. The van der Waals surface area contributed by atoms with E-state index >= 15 is 0 Å². The van der Waals surface area contributed by atoms with Crippen molar-refractivity contribution in [1.82, 2.24) is 0 Å². The van der Waals surface area contributed by atoms with Crippen LogP contribution in [0.15, 0.2) is 0 Å². The van der Waals surface area contributed by atoms with E-state index in [-0.39, 0.29) is 16.7 Å². The predicted molar refractivity (Wildman–Crippen MR) is 58.7 cm³/mol. The van der Waals surface area contributed by atoms with Crippen molar-refractivity contribution in [3.63, 3.8) is 0 Å². The molecule has 1 aliphatic rings. The Labute approximate surface area is 87.3 Å². The molecule has 0 aromatic rings. The fourth-order valence-corrected chi connectivity index (χ4v) is 1.54. The number of hydrogen-bond donors (Lipinski definition) is 0. The predicted octanol–water partition coefficient (Wildman–Crippen LogP) is 3.04. The Morgan fingerprint density at radius 1 is 1.43 bits per heavy atom. The van der Waals surface area contributed by atoms with Crippen molar-refractivity contribution in [2.24, 2.45) is 16.7 Å². The quantitative estimate of drug-likeness (QED) is 0.615. The summed E-state index contributed by atoms with van der Waals surface area (Å²) in [6.07, 6.45) is 1.48. The van der Waals surface area contributed by atoms with Gasteiger partial charge >= 0.3 is 0 Å². The van der Waals surface area contributed by atoms with Crippen LogP contribution in [0.5, 0.6) is 0 Å². The number of carbonyl (C=O) groups excluding carboxylic acids is 1. The van der Waals surface area contributed by atoms with Crippen molar-refractivity contribution in [3.05, 3.63) is 0 Å². The molecule has 1 fully saturated rings. The summed E-state index contributed by atoms with van der Waals surface area (Å²) in [4.78, 5) is 11.6. The Morgan fingerprint density at radius 3 is 2.29 bits per heavy atom. The summed E-state index contributed by atoms with van der Waals surface area (Å²) in [5, 5.41) is 0. The highest BCUT2D eigenvalue weighted by Gasteiger charge is 2.49. The molecule has 0 radical (unpaired) electrons. The van der Waals surface area contributed by atoms with E-state index in [0.717, 1.165) is 6.42 Å². The van der Waals surface area contributed by atoms with Crippen molar-refractivity contribution >= 4 is 5.78 Å². The molecule has 0 aromatic carbocycles. The Hall–Kier alpha value is -0.770. The maximum absolute atomic E-state index is 11.6. The maximum Gasteiger partial charge on any atom is 0.148 e. The van der Waals surface area contributed by atoms with Crippen molar-refractivity contribution in [3.8, 4) is 11.8 Å². The third-order valence-corrected chi connectivity index (χ3v) is 2.63. The van der Waals surface area contributed by atoms with Crippen LogP contribution < -0.4 is 0 Å². The molecule has 0 saturated heterocycles. The molecule has 0 amide bonds. The zero-order valence-corrected chi connectivity index (χ0v) is 9.90. The van der Waals surface area contributed by atoms with Gasteiger partial charge in [-0.1, -0.05) is 25.7 Å². The average Bonchev–Trinajstić information content (AvgIpc) is 2.57. The lowest BCUT2D eigenvalue weighted by molar-refractivity contribution is -0.119. The van der Waals surface area contributed by atoms with Gasteiger partial charge in [0.2, 0.25) is 0 Å². The molecule has 78 valence electrons. The number of rotatable bonds is 2. The van der Waals surface area contributed by atoms with Crippen LogP contribution in [0.4, 0.5) is 0 Å². The Balaban J connectivity index is 2.40. The summed E-state index contributed by atoms with van der Waals surface area (Å²) in [5.74, 6) is 6.68. The van der Waals surface area contributed by atoms with Gasteiger partial charge in [0.1, 0.15) is 5.78 Å². The van der Waals surface area contributed by atoms with E-state index < -0.39 is 0 Å². The summed E-state index contributed by atoms with van der Waals surface area (Å²) in [6, 6.07) is 0. The SMILES string of the molecule is CC(C)(C)C#CCC(=O)C1CC1(C)C. The summed E-state index contributed by atoms with van der Waals surface area (Å²) in [7, 11) is 0. The molecule has 1 rings (SSSR count). The van der Waals surface area contributed by atoms with Crippen molar-refractivity contribution in [2.75, 3.05) is 0 Å². The highest BCUT2D eigenvalue weighted by atomic mass is 16.1. The van der Waals surface area contributed by atoms with E-state index in [1.54, 1.807) is 0 Å². The van der Waals surface area contributed by atoms with E-state index in [2.05, 4.69) is 46.5 Å². The number of hydrogen-bond acceptors (Lipinski definition) is 1. The van der Waals surface area contributed by atoms with Gasteiger partial charge in [0.15, 0.2) is 0 Å². The van der Waals surface area contributed by atoms with E-state index in [1.807, 2.05) is 0 Å². The molecule has 0 aliphatic heterocycles. The first kappa shape index (κ1) is 11.3. The van der Waals surface area contributed by atoms with Gasteiger partial charge in [-0.05, 0) is 32.6 Å². The molecule has 14 heavy (non-hydrogen) atoms. The smallest absolute Gasteiger partial charge is 0.148 e. The van der Waals surface area contributed by atoms with Crippen LogP contribution >= 0.6 is 0 Å². The first-order chi connectivity index (χ1) is 6.22. The monoisotopic (exact) mass is 192 g/mol. The minimum Gasteiger partial charge on any atom is -0.298 e. The van der Waals surface area contributed by atoms with Crippen molar-refractivity contribution < 1.29 is 4.79 Å². The topological polar surface area (TPSA) is 17.1 Å². The molecular weight excluding hydrogens is 172 g/mol. The minimum atomic E-state index is 0.0132. The molecule has 0 N–H and O–H groups in total. The van der Waals surface area contributed by atoms with Crippen molar-refractivity contribution in [2.45, 2.75) is 47.5 Å². The molecule has 0 heterocycles. The average molecular weight is 192 g/mol. The Bertz CT molecular complexity index is 293. The van der Waals surface area contributed by atoms with Crippen LogP contribution in [0.1, 0.15) is 47.5 Å². The molecule has 0 spiro atoms. The zero-order chi connectivity index (χ0) is 11.0. The zero-order valence-electron chi connectivity index (χ0n) is 9.90. The summed E-state index contributed by atoms with van der Waals surface area (Å²) in [6.45, 7) is 10.5. The maximum atomic E-state index is 11.6. The lowest BCUT2D eigenvalue weighted by Crippen LogP contribution is -2.05. The molecule has 0 bridgehead atoms. The van der Waals surface area contributed by atoms with Gasteiger partial charge < -0.3 is 0 Å². The standard InChI is InChI=1S/C13H20O/c1-12(2,3)8-6-7-11(14)10-9-13(10,4)5/h10H,7,9H2,1-5H3. The van der Waals surface area contributed by atoms with E-state index in [9.17, 15) is 4.79 Å². The molecule has 1 atom stereocenters. The molecule has 1 nitrogen and oxygen atoms in total. The molecule has 1 saturated carbocycles. The van der Waals surface area contributed by atoms with Crippen LogP contribution in [0, 0.1) is 28.6 Å². The number of ketones is 1.